The molecule has 0 bridgehead atoms. The van der Waals surface area contributed by atoms with Gasteiger partial charge in [0.1, 0.15) is 17.2 Å². The third-order valence-electron chi connectivity index (χ3n) is 3.71. The van der Waals surface area contributed by atoms with Crippen LogP contribution in [0.15, 0.2) is 41.0 Å². The maximum atomic E-state index is 14.1. The highest BCUT2D eigenvalue weighted by Crippen LogP contribution is 2.25. The molecule has 1 N–H and O–H groups in total. The summed E-state index contributed by atoms with van der Waals surface area (Å²) in [5, 5.41) is 7.17. The number of carbonyl (C=O) groups is 1. The minimum absolute atomic E-state index is 0.159. The predicted octanol–water partition coefficient (Wildman–Crippen LogP) is 2.65. The maximum Gasteiger partial charge on any atom is 0.269 e. The number of amides is 1. The third kappa shape index (κ3) is 2.58. The molecule has 120 valence electrons. The standard InChI is InChI=1S/C16H11BrFN5O/c17-9-1-2-10(11(18)7-9)15-19-4-3-12(21-15)13-8-14-16(24)20-5-6-23(14)22-13/h1-4,7-8H,5-6H2,(H,20,24). The Labute approximate surface area is 144 Å². The summed E-state index contributed by atoms with van der Waals surface area (Å²) in [6, 6.07) is 8.08. The molecule has 0 saturated heterocycles. The molecule has 3 aromatic rings. The van der Waals surface area contributed by atoms with Gasteiger partial charge in [-0.05, 0) is 30.3 Å². The number of hydrogen-bond acceptors (Lipinski definition) is 4. The lowest BCUT2D eigenvalue weighted by Gasteiger charge is -2.13. The lowest BCUT2D eigenvalue weighted by molar-refractivity contribution is 0.0924. The van der Waals surface area contributed by atoms with Crippen molar-refractivity contribution in [3.05, 3.63) is 52.5 Å². The first-order valence-corrected chi connectivity index (χ1v) is 8.06. The molecule has 3 heterocycles. The van der Waals surface area contributed by atoms with Gasteiger partial charge < -0.3 is 5.32 Å². The Kier molecular flexibility index (Phi) is 3.61. The molecule has 1 amide bonds. The molecular weight excluding hydrogens is 377 g/mol. The minimum Gasteiger partial charge on any atom is -0.349 e. The van der Waals surface area contributed by atoms with Crippen molar-refractivity contribution in [2.45, 2.75) is 6.54 Å². The van der Waals surface area contributed by atoms with Crippen LogP contribution in [0.5, 0.6) is 0 Å². The van der Waals surface area contributed by atoms with Gasteiger partial charge in [-0.25, -0.2) is 14.4 Å². The number of hydrogen-bond donors (Lipinski definition) is 1. The molecule has 4 rings (SSSR count). The van der Waals surface area contributed by atoms with Gasteiger partial charge in [-0.15, -0.1) is 0 Å². The summed E-state index contributed by atoms with van der Waals surface area (Å²) in [6.45, 7) is 1.16. The molecule has 6 nitrogen and oxygen atoms in total. The molecule has 0 spiro atoms. The van der Waals surface area contributed by atoms with E-state index in [4.69, 9.17) is 0 Å². The van der Waals surface area contributed by atoms with E-state index in [9.17, 15) is 9.18 Å². The molecule has 24 heavy (non-hydrogen) atoms. The van der Waals surface area contributed by atoms with Crippen LogP contribution in [0.3, 0.4) is 0 Å². The van der Waals surface area contributed by atoms with Crippen molar-refractivity contribution in [1.82, 2.24) is 25.1 Å². The van der Waals surface area contributed by atoms with Crippen molar-refractivity contribution < 1.29 is 9.18 Å². The lowest BCUT2D eigenvalue weighted by Crippen LogP contribution is -2.35. The summed E-state index contributed by atoms with van der Waals surface area (Å²) >= 11 is 3.23. The van der Waals surface area contributed by atoms with E-state index in [1.54, 1.807) is 35.1 Å². The van der Waals surface area contributed by atoms with Gasteiger partial charge in [-0.3, -0.25) is 9.48 Å². The highest BCUT2D eigenvalue weighted by Gasteiger charge is 2.20. The van der Waals surface area contributed by atoms with E-state index in [0.717, 1.165) is 0 Å². The van der Waals surface area contributed by atoms with Gasteiger partial charge in [0.2, 0.25) is 0 Å². The van der Waals surface area contributed by atoms with Gasteiger partial charge in [0, 0.05) is 17.2 Å². The summed E-state index contributed by atoms with van der Waals surface area (Å²) in [5.41, 5.74) is 1.90. The van der Waals surface area contributed by atoms with Gasteiger partial charge in [0.15, 0.2) is 5.82 Å². The first-order valence-electron chi connectivity index (χ1n) is 7.27. The maximum absolute atomic E-state index is 14.1. The van der Waals surface area contributed by atoms with E-state index in [1.807, 2.05) is 0 Å². The molecule has 0 unspecified atom stereocenters. The van der Waals surface area contributed by atoms with Crippen LogP contribution in [0.25, 0.3) is 22.8 Å². The van der Waals surface area contributed by atoms with Gasteiger partial charge in [-0.1, -0.05) is 15.9 Å². The highest BCUT2D eigenvalue weighted by atomic mass is 79.9. The van der Waals surface area contributed by atoms with Crippen LogP contribution >= 0.6 is 15.9 Å². The smallest absolute Gasteiger partial charge is 0.269 e. The topological polar surface area (TPSA) is 72.7 Å². The molecule has 2 aromatic heterocycles. The molecular formula is C16H11BrFN5O. The Morgan fingerprint density at radius 2 is 2.08 bits per heavy atom. The van der Waals surface area contributed by atoms with Crippen LogP contribution in [0.1, 0.15) is 10.5 Å². The summed E-state index contributed by atoms with van der Waals surface area (Å²) in [4.78, 5) is 20.4. The van der Waals surface area contributed by atoms with E-state index in [2.05, 4.69) is 36.3 Å². The highest BCUT2D eigenvalue weighted by molar-refractivity contribution is 9.10. The van der Waals surface area contributed by atoms with Crippen LogP contribution in [0.4, 0.5) is 4.39 Å². The lowest BCUT2D eigenvalue weighted by atomic mass is 10.2. The Hall–Kier alpha value is -2.61. The molecule has 0 atom stereocenters. The average Bonchev–Trinajstić information content (AvgIpc) is 3.01. The van der Waals surface area contributed by atoms with E-state index in [0.29, 0.717) is 40.2 Å². The first kappa shape index (κ1) is 14.9. The molecule has 1 aliphatic rings. The Morgan fingerprint density at radius 3 is 2.88 bits per heavy atom. The second-order valence-corrected chi connectivity index (χ2v) is 6.20. The number of rotatable bonds is 2. The first-order chi connectivity index (χ1) is 11.6. The summed E-state index contributed by atoms with van der Waals surface area (Å²) < 4.78 is 16.4. The minimum atomic E-state index is -0.412. The van der Waals surface area contributed by atoms with Crippen molar-refractivity contribution in [2.75, 3.05) is 6.54 Å². The summed E-state index contributed by atoms with van der Waals surface area (Å²) in [6.07, 6.45) is 1.55. The zero-order chi connectivity index (χ0) is 16.7. The monoisotopic (exact) mass is 387 g/mol. The molecule has 0 saturated carbocycles. The Balaban J connectivity index is 1.77. The molecule has 1 aliphatic heterocycles. The Bertz CT molecular complexity index is 955. The van der Waals surface area contributed by atoms with Gasteiger partial charge >= 0.3 is 0 Å². The number of nitrogens with zero attached hydrogens (tertiary/aromatic N) is 4. The van der Waals surface area contributed by atoms with Crippen LogP contribution in [-0.4, -0.2) is 32.2 Å². The molecule has 0 radical (unpaired) electrons. The number of aromatic nitrogens is 4. The summed E-state index contributed by atoms with van der Waals surface area (Å²) in [5.74, 6) is -0.300. The van der Waals surface area contributed by atoms with E-state index in [-0.39, 0.29) is 11.7 Å². The number of benzene rings is 1. The molecule has 0 fully saturated rings. The van der Waals surface area contributed by atoms with Crippen molar-refractivity contribution >= 4 is 21.8 Å². The van der Waals surface area contributed by atoms with E-state index >= 15 is 0 Å². The van der Waals surface area contributed by atoms with E-state index in [1.165, 1.54) is 6.07 Å². The second-order valence-electron chi connectivity index (χ2n) is 5.28. The van der Waals surface area contributed by atoms with Crippen LogP contribution < -0.4 is 5.32 Å². The van der Waals surface area contributed by atoms with Gasteiger partial charge in [0.05, 0.1) is 17.8 Å². The van der Waals surface area contributed by atoms with E-state index < -0.39 is 5.82 Å². The third-order valence-corrected chi connectivity index (χ3v) is 4.21. The van der Waals surface area contributed by atoms with Crippen LogP contribution in [-0.2, 0) is 6.54 Å². The fraction of sp³-hybridized carbons (Fsp3) is 0.125. The quantitative estimate of drug-likeness (QED) is 0.733. The molecule has 0 aliphatic carbocycles. The Morgan fingerprint density at radius 1 is 1.21 bits per heavy atom. The zero-order valence-electron chi connectivity index (χ0n) is 12.3. The molecule has 8 heteroatoms. The fourth-order valence-electron chi connectivity index (χ4n) is 2.56. The number of halogens is 2. The average molecular weight is 388 g/mol. The van der Waals surface area contributed by atoms with Gasteiger partial charge in [0.25, 0.3) is 5.91 Å². The molecule has 1 aromatic carbocycles. The number of fused-ring (bicyclic) bond motifs is 1. The predicted molar refractivity (Wildman–Crippen MR) is 88.7 cm³/mol. The zero-order valence-corrected chi connectivity index (χ0v) is 13.9. The van der Waals surface area contributed by atoms with Gasteiger partial charge in [-0.2, -0.15) is 5.10 Å². The van der Waals surface area contributed by atoms with Crippen molar-refractivity contribution in [1.29, 1.82) is 0 Å². The number of carbonyl (C=O) groups excluding carboxylic acids is 1. The van der Waals surface area contributed by atoms with Crippen LogP contribution in [0, 0.1) is 5.82 Å². The second kappa shape index (κ2) is 5.79. The summed E-state index contributed by atoms with van der Waals surface area (Å²) in [7, 11) is 0. The van der Waals surface area contributed by atoms with Crippen molar-refractivity contribution in [3.8, 4) is 22.8 Å². The van der Waals surface area contributed by atoms with Crippen LogP contribution in [0.2, 0.25) is 0 Å². The van der Waals surface area contributed by atoms with Crippen molar-refractivity contribution in [3.63, 3.8) is 0 Å². The normalized spacial score (nSPS) is 13.5. The van der Waals surface area contributed by atoms with Crippen molar-refractivity contribution in [2.24, 2.45) is 0 Å². The number of nitrogens with one attached hydrogen (secondary N) is 1. The largest absolute Gasteiger partial charge is 0.349 e. The fourth-order valence-corrected chi connectivity index (χ4v) is 2.90. The SMILES string of the molecule is O=C1NCCn2nc(-c3ccnc(-c4ccc(Br)cc4F)n3)cc21.